The van der Waals surface area contributed by atoms with E-state index in [1.54, 1.807) is 11.1 Å². The number of hydrogen-bond acceptors (Lipinski definition) is 0. The Morgan fingerprint density at radius 2 is 1.74 bits per heavy atom. The van der Waals surface area contributed by atoms with E-state index in [4.69, 9.17) is 0 Å². The van der Waals surface area contributed by atoms with Gasteiger partial charge in [0.1, 0.15) is 0 Å². The number of fused-ring (bicyclic) bond motifs is 2. The summed E-state index contributed by atoms with van der Waals surface area (Å²) in [4.78, 5) is 0. The van der Waals surface area contributed by atoms with Crippen molar-refractivity contribution in [2.75, 3.05) is 0 Å². The van der Waals surface area contributed by atoms with Crippen molar-refractivity contribution in [1.82, 2.24) is 0 Å². The first-order valence-electron chi connectivity index (χ1n) is 6.83. The molecule has 2 aliphatic carbocycles. The van der Waals surface area contributed by atoms with Crippen LogP contribution in [0.1, 0.15) is 28.7 Å². The number of allylic oxidation sites excluding steroid dienone is 1. The molecule has 0 saturated carbocycles. The van der Waals surface area contributed by atoms with Crippen LogP contribution < -0.4 is 0 Å². The molecule has 0 spiro atoms. The molecule has 2 aliphatic rings. The minimum atomic E-state index is 0. The third kappa shape index (κ3) is 2.00. The van der Waals surface area contributed by atoms with Gasteiger partial charge in [-0.25, -0.2) is 0 Å². The van der Waals surface area contributed by atoms with Crippen molar-refractivity contribution in [2.24, 2.45) is 0 Å². The van der Waals surface area contributed by atoms with Crippen molar-refractivity contribution in [3.05, 3.63) is 64.7 Å². The number of benzene rings is 2. The Morgan fingerprint density at radius 1 is 0.895 bits per heavy atom. The molecule has 0 aliphatic heterocycles. The van der Waals surface area contributed by atoms with Gasteiger partial charge < -0.3 is 0 Å². The van der Waals surface area contributed by atoms with E-state index in [0.717, 1.165) is 6.42 Å². The average Bonchev–Trinajstić information content (AvgIpc) is 3.04. The van der Waals surface area contributed by atoms with Crippen LogP contribution in [0.3, 0.4) is 0 Å². The van der Waals surface area contributed by atoms with Crippen LogP contribution in [-0.4, -0.2) is 18.9 Å². The van der Waals surface area contributed by atoms with Crippen molar-refractivity contribution in [1.29, 1.82) is 0 Å². The van der Waals surface area contributed by atoms with Gasteiger partial charge in [-0.05, 0) is 59.1 Å². The number of aryl methyl sites for hydroxylation is 1. The Labute approximate surface area is 126 Å². The monoisotopic (exact) mass is 240 g/mol. The van der Waals surface area contributed by atoms with E-state index < -0.39 is 0 Å². The predicted molar refractivity (Wildman–Crippen MR) is 83.8 cm³/mol. The van der Waals surface area contributed by atoms with Crippen LogP contribution in [0.5, 0.6) is 0 Å². The second-order valence-corrected chi connectivity index (χ2v) is 5.29. The minimum absolute atomic E-state index is 0. The van der Waals surface area contributed by atoms with E-state index >= 15 is 0 Å². The molecule has 0 unspecified atom stereocenters. The molecule has 0 amide bonds. The quantitative estimate of drug-likeness (QED) is 0.666. The first kappa shape index (κ1) is 12.8. The Hall–Kier alpha value is -1.22. The topological polar surface area (TPSA) is 0 Å². The zero-order valence-electron chi connectivity index (χ0n) is 10.4. The molecule has 0 N–H and O–H groups in total. The average molecular weight is 240 g/mol. The first-order valence-corrected chi connectivity index (χ1v) is 6.83. The van der Waals surface area contributed by atoms with Crippen molar-refractivity contribution >= 4 is 24.9 Å². The molecule has 0 atom stereocenters. The molecule has 0 nitrogen and oxygen atoms in total. The van der Waals surface area contributed by atoms with Crippen LogP contribution in [0.25, 0.3) is 17.2 Å². The van der Waals surface area contributed by atoms with Gasteiger partial charge in [0, 0.05) is 0 Å². The zero-order chi connectivity index (χ0) is 11.9. The van der Waals surface area contributed by atoms with E-state index in [1.807, 2.05) is 0 Å². The third-order valence-electron chi connectivity index (χ3n) is 4.21. The van der Waals surface area contributed by atoms with Crippen LogP contribution in [0.2, 0.25) is 0 Å². The van der Waals surface area contributed by atoms with Crippen LogP contribution in [0.4, 0.5) is 0 Å². The fraction of sp³-hybridized carbons (Fsp3) is 0.222. The second kappa shape index (κ2) is 5.04. The van der Waals surface area contributed by atoms with Gasteiger partial charge in [-0.2, -0.15) is 0 Å². The van der Waals surface area contributed by atoms with Crippen LogP contribution in [-0.2, 0) is 19.3 Å². The summed E-state index contributed by atoms with van der Waals surface area (Å²) in [5.74, 6) is 0. The molecular weight excluding hydrogens is 223 g/mol. The van der Waals surface area contributed by atoms with Gasteiger partial charge >= 0.3 is 18.9 Å². The molecule has 0 fully saturated rings. The first-order chi connectivity index (χ1) is 8.93. The number of hydrogen-bond donors (Lipinski definition) is 0. The summed E-state index contributed by atoms with van der Waals surface area (Å²) >= 11 is 0. The summed E-state index contributed by atoms with van der Waals surface area (Å²) < 4.78 is 0. The maximum atomic E-state index is 2.45. The summed E-state index contributed by atoms with van der Waals surface area (Å²) in [5.41, 5.74) is 9.09. The molecule has 4 rings (SSSR count). The van der Waals surface area contributed by atoms with E-state index in [-0.39, 0.29) is 18.9 Å². The summed E-state index contributed by atoms with van der Waals surface area (Å²) in [6.45, 7) is 0. The second-order valence-electron chi connectivity index (χ2n) is 5.29. The summed E-state index contributed by atoms with van der Waals surface area (Å²) in [5, 5.41) is 0. The van der Waals surface area contributed by atoms with Gasteiger partial charge in [-0.3, -0.25) is 0 Å². The molecule has 0 bridgehead atoms. The molecule has 0 radical (unpaired) electrons. The fourth-order valence-electron chi connectivity index (χ4n) is 3.42. The molecule has 0 heterocycles. The standard InChI is InChI=1S/C18H16.Li.H/c1-2-6-13(7-3-1)18-16-10-4-8-14(16)12-15-9-5-11-17(15)18;;/h1-4,6-7,10,12H,5,8-9,11H2;;. The van der Waals surface area contributed by atoms with E-state index in [9.17, 15) is 0 Å². The van der Waals surface area contributed by atoms with Crippen LogP contribution in [0.15, 0.2) is 42.5 Å². The van der Waals surface area contributed by atoms with Gasteiger partial charge in [0.15, 0.2) is 0 Å². The Bertz CT molecular complexity index is 638. The molecule has 90 valence electrons. The molecular formula is C18H17Li. The van der Waals surface area contributed by atoms with Gasteiger partial charge in [0.25, 0.3) is 0 Å². The number of rotatable bonds is 1. The zero-order valence-corrected chi connectivity index (χ0v) is 10.4. The molecule has 2 aromatic carbocycles. The normalized spacial score (nSPS) is 14.9. The van der Waals surface area contributed by atoms with E-state index in [2.05, 4.69) is 48.6 Å². The predicted octanol–water partition coefficient (Wildman–Crippen LogP) is 3.76. The summed E-state index contributed by atoms with van der Waals surface area (Å²) in [6.07, 6.45) is 9.57. The fourth-order valence-corrected chi connectivity index (χ4v) is 3.42. The van der Waals surface area contributed by atoms with Crippen molar-refractivity contribution in [3.8, 4) is 11.1 Å². The van der Waals surface area contributed by atoms with E-state index in [1.165, 1.54) is 41.5 Å². The van der Waals surface area contributed by atoms with Gasteiger partial charge in [0.2, 0.25) is 0 Å². The Kier molecular flexibility index (Phi) is 3.40. The van der Waals surface area contributed by atoms with Crippen molar-refractivity contribution < 1.29 is 0 Å². The summed E-state index contributed by atoms with van der Waals surface area (Å²) in [7, 11) is 0. The summed E-state index contributed by atoms with van der Waals surface area (Å²) in [6, 6.07) is 13.3. The van der Waals surface area contributed by atoms with Crippen molar-refractivity contribution in [2.45, 2.75) is 25.7 Å². The van der Waals surface area contributed by atoms with Crippen molar-refractivity contribution in [3.63, 3.8) is 0 Å². The Balaban J connectivity index is 0.00000110. The van der Waals surface area contributed by atoms with E-state index in [0.29, 0.717) is 0 Å². The Morgan fingerprint density at radius 3 is 2.58 bits per heavy atom. The molecule has 0 aromatic heterocycles. The maximum absolute atomic E-state index is 2.45. The van der Waals surface area contributed by atoms with Gasteiger partial charge in [-0.15, -0.1) is 0 Å². The van der Waals surface area contributed by atoms with Gasteiger partial charge in [0.05, 0.1) is 0 Å². The van der Waals surface area contributed by atoms with Gasteiger partial charge in [-0.1, -0.05) is 48.6 Å². The molecule has 0 saturated heterocycles. The molecule has 1 heteroatoms. The molecule has 2 aromatic rings. The molecule has 19 heavy (non-hydrogen) atoms. The third-order valence-corrected chi connectivity index (χ3v) is 4.21. The van der Waals surface area contributed by atoms with Crippen LogP contribution >= 0.6 is 0 Å². The van der Waals surface area contributed by atoms with Crippen LogP contribution in [0, 0.1) is 0 Å². The SMILES string of the molecule is C1=Cc2c(cc3c(c2-c2ccccc2)CCC3)C1.[LiH].